The summed E-state index contributed by atoms with van der Waals surface area (Å²) >= 11 is 0. The third-order valence-corrected chi connectivity index (χ3v) is 4.65. The molecule has 3 rings (SSSR count). The smallest absolute Gasteiger partial charge is 0.313 e. The zero-order chi connectivity index (χ0) is 19.6. The fourth-order valence-electron chi connectivity index (χ4n) is 3.13. The zero-order valence-electron chi connectivity index (χ0n) is 15.2. The molecule has 0 spiro atoms. The summed E-state index contributed by atoms with van der Waals surface area (Å²) in [6, 6.07) is 9.92. The van der Waals surface area contributed by atoms with E-state index in [-0.39, 0.29) is 18.2 Å². The molecule has 3 N–H and O–H groups in total. The molecule has 0 aromatic heterocycles. The number of benzene rings is 2. The van der Waals surface area contributed by atoms with Gasteiger partial charge in [-0.2, -0.15) is 0 Å². The normalized spacial score (nSPS) is 12.9. The molecule has 1 aliphatic rings. The minimum absolute atomic E-state index is 0.138. The quantitative estimate of drug-likeness (QED) is 0.702. The maximum Gasteiger partial charge on any atom is 0.313 e. The van der Waals surface area contributed by atoms with Crippen LogP contribution in [0.2, 0.25) is 0 Å². The Morgan fingerprint density at radius 2 is 1.85 bits per heavy atom. The molecule has 0 unspecified atom stereocenters. The first kappa shape index (κ1) is 18.4. The molecule has 27 heavy (non-hydrogen) atoms. The van der Waals surface area contributed by atoms with E-state index in [9.17, 15) is 19.5 Å². The first-order valence-corrected chi connectivity index (χ1v) is 8.63. The number of nitrogens with one attached hydrogen (secondary N) is 2. The van der Waals surface area contributed by atoms with Crippen LogP contribution < -0.4 is 10.6 Å². The van der Waals surface area contributed by atoms with Gasteiger partial charge in [0.1, 0.15) is 5.75 Å². The molecule has 1 heterocycles. The molecule has 2 aromatic rings. The topological polar surface area (TPSA) is 98.7 Å². The van der Waals surface area contributed by atoms with E-state index in [0.717, 1.165) is 11.1 Å². The Kier molecular flexibility index (Phi) is 5.12. The Labute approximate surface area is 157 Å². The molecule has 0 saturated heterocycles. The monoisotopic (exact) mass is 367 g/mol. The van der Waals surface area contributed by atoms with Gasteiger partial charge in [-0.05, 0) is 60.4 Å². The van der Waals surface area contributed by atoms with Crippen LogP contribution >= 0.6 is 0 Å². The van der Waals surface area contributed by atoms with Gasteiger partial charge in [-0.15, -0.1) is 0 Å². The molecule has 0 bridgehead atoms. The highest BCUT2D eigenvalue weighted by atomic mass is 16.3. The van der Waals surface area contributed by atoms with Gasteiger partial charge < -0.3 is 20.6 Å². The molecule has 0 saturated carbocycles. The largest absolute Gasteiger partial charge is 0.508 e. The van der Waals surface area contributed by atoms with Gasteiger partial charge in [-0.3, -0.25) is 14.4 Å². The first-order chi connectivity index (χ1) is 12.9. The minimum Gasteiger partial charge on any atom is -0.508 e. The summed E-state index contributed by atoms with van der Waals surface area (Å²) in [6.07, 6.45) is 0.633. The summed E-state index contributed by atoms with van der Waals surface area (Å²) in [7, 11) is 1.54. The van der Waals surface area contributed by atoms with E-state index in [0.29, 0.717) is 29.8 Å². The number of hydrogen-bond acceptors (Lipinski definition) is 4. The van der Waals surface area contributed by atoms with Crippen molar-refractivity contribution in [2.45, 2.75) is 19.9 Å². The summed E-state index contributed by atoms with van der Waals surface area (Å²) in [5.41, 5.74) is 3.56. The number of phenols is 1. The lowest BCUT2D eigenvalue weighted by atomic mass is 9.99. The average molecular weight is 367 g/mol. The van der Waals surface area contributed by atoms with Crippen LogP contribution in [-0.2, 0) is 22.6 Å². The van der Waals surface area contributed by atoms with Crippen molar-refractivity contribution in [1.29, 1.82) is 0 Å². The van der Waals surface area contributed by atoms with Crippen LogP contribution in [0.5, 0.6) is 5.75 Å². The molecule has 2 aromatic carbocycles. The van der Waals surface area contributed by atoms with E-state index in [2.05, 4.69) is 10.6 Å². The van der Waals surface area contributed by atoms with Crippen molar-refractivity contribution in [3.8, 4) is 5.75 Å². The molecule has 0 atom stereocenters. The van der Waals surface area contributed by atoms with Crippen LogP contribution in [0.15, 0.2) is 36.4 Å². The van der Waals surface area contributed by atoms with E-state index in [1.54, 1.807) is 44.3 Å². The van der Waals surface area contributed by atoms with E-state index < -0.39 is 11.8 Å². The summed E-state index contributed by atoms with van der Waals surface area (Å²) in [6.45, 7) is 2.48. The van der Waals surface area contributed by atoms with Crippen molar-refractivity contribution in [2.75, 3.05) is 18.9 Å². The van der Waals surface area contributed by atoms with Crippen LogP contribution in [0.3, 0.4) is 0 Å². The second kappa shape index (κ2) is 7.49. The first-order valence-electron chi connectivity index (χ1n) is 8.63. The van der Waals surface area contributed by atoms with E-state index >= 15 is 0 Å². The van der Waals surface area contributed by atoms with E-state index in [4.69, 9.17) is 0 Å². The van der Waals surface area contributed by atoms with E-state index in [1.165, 1.54) is 4.90 Å². The molecular formula is C20H21N3O4. The summed E-state index contributed by atoms with van der Waals surface area (Å²) in [5, 5.41) is 14.8. The Morgan fingerprint density at radius 1 is 1.07 bits per heavy atom. The number of rotatable bonds is 2. The second-order valence-corrected chi connectivity index (χ2v) is 6.49. The van der Waals surface area contributed by atoms with Crippen molar-refractivity contribution in [2.24, 2.45) is 0 Å². The number of nitrogens with zero attached hydrogens (tertiary/aromatic N) is 1. The van der Waals surface area contributed by atoms with Crippen molar-refractivity contribution >= 4 is 23.4 Å². The molecule has 3 amide bonds. The van der Waals surface area contributed by atoms with Crippen LogP contribution in [0.25, 0.3) is 0 Å². The Hall–Kier alpha value is -3.35. The highest BCUT2D eigenvalue weighted by Crippen LogP contribution is 2.23. The third-order valence-electron chi connectivity index (χ3n) is 4.65. The maximum absolute atomic E-state index is 12.5. The molecule has 0 fully saturated rings. The van der Waals surface area contributed by atoms with Gasteiger partial charge in [0.2, 0.25) is 0 Å². The zero-order valence-corrected chi connectivity index (χ0v) is 15.2. The van der Waals surface area contributed by atoms with Gasteiger partial charge in [-0.1, -0.05) is 6.07 Å². The molecule has 7 heteroatoms. The van der Waals surface area contributed by atoms with Crippen molar-refractivity contribution in [1.82, 2.24) is 10.2 Å². The summed E-state index contributed by atoms with van der Waals surface area (Å²) in [4.78, 5) is 38.0. The highest BCUT2D eigenvalue weighted by Gasteiger charge is 2.26. The fraction of sp³-hybridized carbons (Fsp3) is 0.250. The Balaban J connectivity index is 1.70. The van der Waals surface area contributed by atoms with Crippen LogP contribution in [-0.4, -0.2) is 41.3 Å². The SMILES string of the molecule is CNC(=O)c1ccc(NC(=O)C(=O)N2CCc3ccc(O)cc3C2)c(C)c1. The predicted molar refractivity (Wildman–Crippen MR) is 100 cm³/mol. The van der Waals surface area contributed by atoms with Crippen molar-refractivity contribution in [3.63, 3.8) is 0 Å². The number of carbonyl (C=O) groups excluding carboxylic acids is 3. The number of fused-ring (bicyclic) bond motifs is 1. The maximum atomic E-state index is 12.5. The molecule has 0 radical (unpaired) electrons. The predicted octanol–water partition coefficient (Wildman–Crippen LogP) is 1.58. The molecule has 7 nitrogen and oxygen atoms in total. The third kappa shape index (κ3) is 3.92. The number of amides is 3. The van der Waals surface area contributed by atoms with Crippen LogP contribution in [0, 0.1) is 6.92 Å². The number of aryl methyl sites for hydroxylation is 1. The van der Waals surface area contributed by atoms with Gasteiger partial charge in [0.25, 0.3) is 5.91 Å². The lowest BCUT2D eigenvalue weighted by Gasteiger charge is -2.28. The van der Waals surface area contributed by atoms with Crippen molar-refractivity contribution in [3.05, 3.63) is 58.7 Å². The second-order valence-electron chi connectivity index (χ2n) is 6.49. The molecule has 0 aliphatic carbocycles. The van der Waals surface area contributed by atoms with Crippen LogP contribution in [0.4, 0.5) is 5.69 Å². The van der Waals surface area contributed by atoms with Gasteiger partial charge in [-0.25, -0.2) is 0 Å². The van der Waals surface area contributed by atoms with E-state index in [1.807, 2.05) is 6.07 Å². The number of aromatic hydroxyl groups is 1. The number of carbonyl (C=O) groups is 3. The summed E-state index contributed by atoms with van der Waals surface area (Å²) in [5.74, 6) is -1.44. The number of anilines is 1. The fourth-order valence-corrected chi connectivity index (χ4v) is 3.13. The lowest BCUT2D eigenvalue weighted by Crippen LogP contribution is -2.42. The lowest BCUT2D eigenvalue weighted by molar-refractivity contribution is -0.143. The van der Waals surface area contributed by atoms with Gasteiger partial charge in [0.05, 0.1) is 0 Å². The van der Waals surface area contributed by atoms with Crippen LogP contribution in [0.1, 0.15) is 27.0 Å². The van der Waals surface area contributed by atoms with Gasteiger partial charge in [0, 0.05) is 31.4 Å². The highest BCUT2D eigenvalue weighted by molar-refractivity contribution is 6.39. The molecule has 1 aliphatic heterocycles. The van der Waals surface area contributed by atoms with Gasteiger partial charge in [0.15, 0.2) is 0 Å². The average Bonchev–Trinajstić information content (AvgIpc) is 2.67. The molecule has 140 valence electrons. The minimum atomic E-state index is -0.727. The standard InChI is InChI=1S/C20H21N3O4/c1-12-9-14(18(25)21-2)4-6-17(12)22-19(26)20(27)23-8-7-13-3-5-16(24)10-15(13)11-23/h3-6,9-10,24H,7-8,11H2,1-2H3,(H,21,25)(H,22,26). The van der Waals surface area contributed by atoms with Crippen molar-refractivity contribution < 1.29 is 19.5 Å². The van der Waals surface area contributed by atoms with Gasteiger partial charge >= 0.3 is 11.8 Å². The molecular weight excluding hydrogens is 346 g/mol. The Bertz CT molecular complexity index is 923. The Morgan fingerprint density at radius 3 is 2.56 bits per heavy atom. The number of phenolic OH excluding ortho intramolecular Hbond substituents is 1. The summed E-state index contributed by atoms with van der Waals surface area (Å²) < 4.78 is 0. The number of hydrogen-bond donors (Lipinski definition) is 3.